The van der Waals surface area contributed by atoms with Crippen molar-refractivity contribution >= 4 is 16.7 Å². The van der Waals surface area contributed by atoms with Crippen molar-refractivity contribution in [1.82, 2.24) is 10.0 Å². The Labute approximate surface area is 175 Å². The van der Waals surface area contributed by atoms with Gasteiger partial charge in [0.15, 0.2) is 0 Å². The molecular formula is C23H18F3N3O2. The van der Waals surface area contributed by atoms with Gasteiger partial charge in [-0.2, -0.15) is 13.2 Å². The van der Waals surface area contributed by atoms with Crippen molar-refractivity contribution in [1.29, 1.82) is 5.41 Å². The summed E-state index contributed by atoms with van der Waals surface area (Å²) in [4.78, 5) is 0. The average Bonchev–Trinajstić information content (AvgIpc) is 3.13. The fourth-order valence-electron chi connectivity index (χ4n) is 3.78. The largest absolute Gasteiger partial charge is 0.508 e. The number of alkyl halides is 3. The molecule has 5 nitrogen and oxygen atoms in total. The lowest BCUT2D eigenvalue weighted by atomic mass is 9.87. The first-order valence-corrected chi connectivity index (χ1v) is 9.29. The number of halogens is 3. The van der Waals surface area contributed by atoms with Crippen LogP contribution >= 0.6 is 0 Å². The number of amidine groups is 1. The van der Waals surface area contributed by atoms with Crippen LogP contribution in [0.2, 0.25) is 0 Å². The van der Waals surface area contributed by atoms with Gasteiger partial charge in [-0.05, 0) is 41.5 Å². The number of aromatic hydroxyl groups is 1. The van der Waals surface area contributed by atoms with Crippen LogP contribution in [0.1, 0.15) is 11.1 Å². The minimum Gasteiger partial charge on any atom is -0.508 e. The molecule has 0 atom stereocenters. The van der Waals surface area contributed by atoms with E-state index in [1.807, 2.05) is 29.9 Å². The number of hydrogen-bond acceptors (Lipinski definition) is 3. The standard InChI is InChI=1S/C23H18F3N3O2/c1-29-10-9-14-3-2-4-17(21(14)29)20-18(13-5-7-16(30)8-6-13)11-15(23(24,25)26)12-19(20)22(27)28-31/h2-12,30-31H,1H3,(H2,27,28). The number of nitrogens with zero attached hydrogens (tertiary/aromatic N) is 1. The lowest BCUT2D eigenvalue weighted by Gasteiger charge is -2.20. The fourth-order valence-corrected chi connectivity index (χ4v) is 3.78. The van der Waals surface area contributed by atoms with E-state index in [9.17, 15) is 23.5 Å². The zero-order valence-electron chi connectivity index (χ0n) is 16.3. The van der Waals surface area contributed by atoms with Crippen molar-refractivity contribution in [2.45, 2.75) is 6.18 Å². The monoisotopic (exact) mass is 425 g/mol. The minimum absolute atomic E-state index is 0.0215. The Bertz CT molecular complexity index is 1290. The van der Waals surface area contributed by atoms with Crippen LogP contribution in [0.3, 0.4) is 0 Å². The number of hydrogen-bond donors (Lipinski definition) is 4. The predicted molar refractivity (Wildman–Crippen MR) is 112 cm³/mol. The number of para-hydroxylation sites is 1. The van der Waals surface area contributed by atoms with E-state index in [4.69, 9.17) is 5.41 Å². The molecule has 0 amide bonds. The Morgan fingerprint density at radius 2 is 1.71 bits per heavy atom. The zero-order chi connectivity index (χ0) is 22.3. The van der Waals surface area contributed by atoms with E-state index in [1.165, 1.54) is 24.3 Å². The summed E-state index contributed by atoms with van der Waals surface area (Å²) in [7, 11) is 1.82. The molecule has 0 spiro atoms. The van der Waals surface area contributed by atoms with Gasteiger partial charge in [-0.15, -0.1) is 0 Å². The SMILES string of the molecule is Cn1ccc2cccc(-c3c(C(=N)NO)cc(C(F)(F)F)cc3-c3ccc(O)cc3)c21. The van der Waals surface area contributed by atoms with E-state index >= 15 is 0 Å². The molecule has 0 bridgehead atoms. The van der Waals surface area contributed by atoms with Gasteiger partial charge >= 0.3 is 6.18 Å². The van der Waals surface area contributed by atoms with Crippen molar-refractivity contribution < 1.29 is 23.5 Å². The first-order valence-electron chi connectivity index (χ1n) is 9.29. The Kier molecular flexibility index (Phi) is 4.94. The highest BCUT2D eigenvalue weighted by atomic mass is 19.4. The van der Waals surface area contributed by atoms with E-state index in [0.717, 1.165) is 23.0 Å². The van der Waals surface area contributed by atoms with Gasteiger partial charge in [0.25, 0.3) is 0 Å². The van der Waals surface area contributed by atoms with Crippen molar-refractivity contribution in [3.8, 4) is 28.0 Å². The van der Waals surface area contributed by atoms with Crippen LogP contribution in [0.25, 0.3) is 33.2 Å². The first-order chi connectivity index (χ1) is 14.7. The number of phenols is 1. The molecule has 0 saturated heterocycles. The van der Waals surface area contributed by atoms with Gasteiger partial charge in [0.1, 0.15) is 11.6 Å². The quantitative estimate of drug-likeness (QED) is 0.198. The number of benzene rings is 3. The molecule has 158 valence electrons. The second kappa shape index (κ2) is 7.48. The number of aryl methyl sites for hydroxylation is 1. The highest BCUT2D eigenvalue weighted by Crippen LogP contribution is 2.43. The first kappa shape index (κ1) is 20.5. The van der Waals surface area contributed by atoms with Crippen molar-refractivity contribution in [2.75, 3.05) is 0 Å². The number of aromatic nitrogens is 1. The van der Waals surface area contributed by atoms with Gasteiger partial charge < -0.3 is 9.67 Å². The highest BCUT2D eigenvalue weighted by Gasteiger charge is 2.33. The normalized spacial score (nSPS) is 11.6. The second-order valence-electron chi connectivity index (χ2n) is 7.15. The third-order valence-electron chi connectivity index (χ3n) is 5.19. The summed E-state index contributed by atoms with van der Waals surface area (Å²) in [6.45, 7) is 0. The lowest BCUT2D eigenvalue weighted by molar-refractivity contribution is -0.137. The van der Waals surface area contributed by atoms with E-state index in [0.29, 0.717) is 16.7 Å². The minimum atomic E-state index is -4.66. The third kappa shape index (κ3) is 3.62. The fraction of sp³-hybridized carbons (Fsp3) is 0.0870. The number of nitrogens with one attached hydrogen (secondary N) is 2. The average molecular weight is 425 g/mol. The lowest BCUT2D eigenvalue weighted by Crippen LogP contribution is -2.21. The molecule has 4 rings (SSSR count). The second-order valence-corrected chi connectivity index (χ2v) is 7.15. The number of hydroxylamine groups is 1. The molecule has 0 aliphatic carbocycles. The molecule has 0 fully saturated rings. The Balaban J connectivity index is 2.17. The molecule has 1 aromatic heterocycles. The van der Waals surface area contributed by atoms with Crippen LogP contribution in [-0.2, 0) is 13.2 Å². The molecule has 0 radical (unpaired) electrons. The van der Waals surface area contributed by atoms with Gasteiger partial charge in [0, 0.05) is 35.3 Å². The van der Waals surface area contributed by atoms with E-state index in [1.54, 1.807) is 17.6 Å². The Morgan fingerprint density at radius 1 is 1.00 bits per heavy atom. The summed E-state index contributed by atoms with van der Waals surface area (Å²) in [6, 6.07) is 15.0. The number of fused-ring (bicyclic) bond motifs is 1. The predicted octanol–water partition coefficient (Wildman–Crippen LogP) is 5.54. The molecule has 31 heavy (non-hydrogen) atoms. The van der Waals surface area contributed by atoms with E-state index in [-0.39, 0.29) is 16.9 Å². The molecule has 4 N–H and O–H groups in total. The van der Waals surface area contributed by atoms with Gasteiger partial charge in [0.2, 0.25) is 0 Å². The van der Waals surface area contributed by atoms with E-state index in [2.05, 4.69) is 0 Å². The van der Waals surface area contributed by atoms with Crippen LogP contribution in [0.5, 0.6) is 5.75 Å². The number of rotatable bonds is 3. The van der Waals surface area contributed by atoms with Crippen LogP contribution < -0.4 is 5.48 Å². The van der Waals surface area contributed by atoms with Crippen LogP contribution in [0.4, 0.5) is 13.2 Å². The van der Waals surface area contributed by atoms with Gasteiger partial charge in [-0.1, -0.05) is 30.3 Å². The smallest absolute Gasteiger partial charge is 0.416 e. The summed E-state index contributed by atoms with van der Waals surface area (Å²) in [6.07, 6.45) is -2.82. The van der Waals surface area contributed by atoms with Crippen molar-refractivity contribution in [3.05, 3.63) is 78.0 Å². The molecule has 4 aromatic rings. The maximum atomic E-state index is 13.7. The molecule has 0 saturated carbocycles. The maximum Gasteiger partial charge on any atom is 0.416 e. The van der Waals surface area contributed by atoms with Crippen LogP contribution in [-0.4, -0.2) is 20.7 Å². The summed E-state index contributed by atoms with van der Waals surface area (Å²) >= 11 is 0. The molecule has 0 unspecified atom stereocenters. The van der Waals surface area contributed by atoms with Crippen molar-refractivity contribution in [2.24, 2.45) is 7.05 Å². The highest BCUT2D eigenvalue weighted by molar-refractivity contribution is 6.10. The molecule has 3 aromatic carbocycles. The summed E-state index contributed by atoms with van der Waals surface area (Å²) < 4.78 is 42.9. The van der Waals surface area contributed by atoms with Gasteiger partial charge in [0.05, 0.1) is 11.1 Å². The van der Waals surface area contributed by atoms with Crippen LogP contribution in [0.15, 0.2) is 66.9 Å². The topological polar surface area (TPSA) is 81.3 Å². The zero-order valence-corrected chi connectivity index (χ0v) is 16.3. The summed E-state index contributed by atoms with van der Waals surface area (Å²) in [5, 5.41) is 28.0. The van der Waals surface area contributed by atoms with Crippen LogP contribution in [0, 0.1) is 5.41 Å². The number of phenolic OH excluding ortho intramolecular Hbond substituents is 1. The molecule has 0 aliphatic heterocycles. The third-order valence-corrected chi connectivity index (χ3v) is 5.19. The van der Waals surface area contributed by atoms with Gasteiger partial charge in [-0.3, -0.25) is 16.1 Å². The Hall–Kier alpha value is -3.78. The molecule has 1 heterocycles. The molecule has 8 heteroatoms. The summed E-state index contributed by atoms with van der Waals surface area (Å²) in [5.41, 5.74) is 3.02. The molecular weight excluding hydrogens is 407 g/mol. The summed E-state index contributed by atoms with van der Waals surface area (Å²) in [5.74, 6) is -0.584. The molecule has 0 aliphatic rings. The van der Waals surface area contributed by atoms with Gasteiger partial charge in [-0.25, -0.2) is 0 Å². The van der Waals surface area contributed by atoms with E-state index < -0.39 is 17.6 Å². The maximum absolute atomic E-state index is 13.7. The Morgan fingerprint density at radius 3 is 2.35 bits per heavy atom. The van der Waals surface area contributed by atoms with Crippen molar-refractivity contribution in [3.63, 3.8) is 0 Å².